The van der Waals surface area contributed by atoms with E-state index in [0.29, 0.717) is 54.3 Å². The second kappa shape index (κ2) is 10.3. The standard InChI is InChI=1S/C30H28F2N4O2/c1-30(2,33-14-7-15-36-27(37)24-12-3-4-13-25(24)28(36)38)29-34-26(21-9-6-11-23(32)17-21)19-35(29)18-20-8-5-10-22(31)16-20/h3-6,8-13,16-17,19,33H,7,14-15,18H2,1-2H3. The van der Waals surface area contributed by atoms with Crippen LogP contribution in [0.25, 0.3) is 11.3 Å². The summed E-state index contributed by atoms with van der Waals surface area (Å²) < 4.78 is 29.7. The second-order valence-corrected chi connectivity index (χ2v) is 9.93. The average molecular weight is 515 g/mol. The van der Waals surface area contributed by atoms with Crippen molar-refractivity contribution in [3.8, 4) is 11.3 Å². The molecule has 0 saturated heterocycles. The van der Waals surface area contributed by atoms with Gasteiger partial charge >= 0.3 is 0 Å². The topological polar surface area (TPSA) is 67.2 Å². The quantitative estimate of drug-likeness (QED) is 0.240. The highest BCUT2D eigenvalue weighted by Gasteiger charge is 2.34. The molecule has 0 saturated carbocycles. The highest BCUT2D eigenvalue weighted by atomic mass is 19.1. The van der Waals surface area contributed by atoms with Crippen molar-refractivity contribution in [1.29, 1.82) is 0 Å². The molecule has 194 valence electrons. The molecule has 4 aromatic rings. The molecule has 1 aliphatic heterocycles. The van der Waals surface area contributed by atoms with Crippen molar-refractivity contribution < 1.29 is 18.4 Å². The van der Waals surface area contributed by atoms with Crippen molar-refractivity contribution in [2.75, 3.05) is 13.1 Å². The SMILES string of the molecule is CC(C)(NCCCN1C(=O)c2ccccc2C1=O)c1nc(-c2cccc(F)c2)cn1Cc1cccc(F)c1. The molecule has 0 unspecified atom stereocenters. The van der Waals surface area contributed by atoms with Crippen molar-refractivity contribution in [2.45, 2.75) is 32.4 Å². The predicted molar refractivity (Wildman–Crippen MR) is 141 cm³/mol. The number of nitrogens with one attached hydrogen (secondary N) is 1. The number of imide groups is 1. The van der Waals surface area contributed by atoms with Crippen LogP contribution in [-0.2, 0) is 12.1 Å². The molecule has 8 heteroatoms. The van der Waals surface area contributed by atoms with Crippen LogP contribution in [0.5, 0.6) is 0 Å². The summed E-state index contributed by atoms with van der Waals surface area (Å²) in [6.45, 7) is 5.16. The zero-order valence-corrected chi connectivity index (χ0v) is 21.2. The number of imidazole rings is 1. The highest BCUT2D eigenvalue weighted by Crippen LogP contribution is 2.27. The van der Waals surface area contributed by atoms with E-state index in [0.717, 1.165) is 5.56 Å². The molecular weight excluding hydrogens is 486 g/mol. The summed E-state index contributed by atoms with van der Waals surface area (Å²) in [6, 6.07) is 19.5. The zero-order chi connectivity index (χ0) is 26.9. The van der Waals surface area contributed by atoms with E-state index in [-0.39, 0.29) is 23.4 Å². The molecule has 0 bridgehead atoms. The Morgan fingerprint density at radius 2 is 1.53 bits per heavy atom. The fraction of sp³-hybridized carbons (Fsp3) is 0.233. The molecule has 0 aliphatic carbocycles. The third-order valence-corrected chi connectivity index (χ3v) is 6.70. The molecule has 1 aromatic heterocycles. The number of benzene rings is 3. The van der Waals surface area contributed by atoms with Gasteiger partial charge in [0.15, 0.2) is 0 Å². The Labute approximate surface area is 219 Å². The number of hydrogen-bond donors (Lipinski definition) is 1. The number of rotatable bonds is 9. The molecule has 3 aromatic carbocycles. The van der Waals surface area contributed by atoms with Crippen LogP contribution in [0.2, 0.25) is 0 Å². The van der Waals surface area contributed by atoms with Gasteiger partial charge in [0, 0.05) is 24.8 Å². The monoisotopic (exact) mass is 514 g/mol. The van der Waals surface area contributed by atoms with Crippen LogP contribution in [0.1, 0.15) is 52.4 Å². The van der Waals surface area contributed by atoms with Gasteiger partial charge in [0.05, 0.1) is 22.4 Å². The Morgan fingerprint density at radius 3 is 2.18 bits per heavy atom. The van der Waals surface area contributed by atoms with Crippen molar-refractivity contribution in [3.05, 3.63) is 113 Å². The lowest BCUT2D eigenvalue weighted by Gasteiger charge is -2.27. The maximum absolute atomic E-state index is 13.9. The third-order valence-electron chi connectivity index (χ3n) is 6.70. The van der Waals surface area contributed by atoms with E-state index in [4.69, 9.17) is 4.98 Å². The molecule has 0 fully saturated rings. The Kier molecular flexibility index (Phi) is 6.91. The lowest BCUT2D eigenvalue weighted by molar-refractivity contribution is 0.0652. The zero-order valence-electron chi connectivity index (χ0n) is 21.2. The number of hydrogen-bond acceptors (Lipinski definition) is 4. The molecule has 0 radical (unpaired) electrons. The molecule has 6 nitrogen and oxygen atoms in total. The minimum absolute atomic E-state index is 0.268. The maximum atomic E-state index is 13.9. The van der Waals surface area contributed by atoms with Crippen molar-refractivity contribution in [3.63, 3.8) is 0 Å². The van der Waals surface area contributed by atoms with Crippen LogP contribution < -0.4 is 5.32 Å². The number of aromatic nitrogens is 2. The smallest absolute Gasteiger partial charge is 0.261 e. The lowest BCUT2D eigenvalue weighted by atomic mass is 10.0. The van der Waals surface area contributed by atoms with Crippen LogP contribution in [-0.4, -0.2) is 39.4 Å². The Bertz CT molecular complexity index is 1480. The van der Waals surface area contributed by atoms with Crippen molar-refractivity contribution in [2.24, 2.45) is 0 Å². The van der Waals surface area contributed by atoms with Gasteiger partial charge < -0.3 is 9.88 Å². The summed E-state index contributed by atoms with van der Waals surface area (Å²) in [6.07, 6.45) is 2.40. The number of fused-ring (bicyclic) bond motifs is 1. The van der Waals surface area contributed by atoms with E-state index in [9.17, 15) is 18.4 Å². The molecule has 5 rings (SSSR count). The molecule has 1 N–H and O–H groups in total. The van der Waals surface area contributed by atoms with Gasteiger partial charge in [0.1, 0.15) is 17.5 Å². The summed E-state index contributed by atoms with van der Waals surface area (Å²) in [4.78, 5) is 31.4. The second-order valence-electron chi connectivity index (χ2n) is 9.93. The highest BCUT2D eigenvalue weighted by molar-refractivity contribution is 6.21. The molecule has 0 spiro atoms. The third kappa shape index (κ3) is 5.13. The molecule has 1 aliphatic rings. The molecule has 2 amide bonds. The van der Waals surface area contributed by atoms with Gasteiger partial charge in [-0.05, 0) is 68.8 Å². The molecule has 38 heavy (non-hydrogen) atoms. The predicted octanol–water partition coefficient (Wildman–Crippen LogP) is 5.39. The van der Waals surface area contributed by atoms with E-state index in [2.05, 4.69) is 5.32 Å². The largest absolute Gasteiger partial charge is 0.328 e. The molecule has 0 atom stereocenters. The van der Waals surface area contributed by atoms with Crippen LogP contribution >= 0.6 is 0 Å². The van der Waals surface area contributed by atoms with Crippen molar-refractivity contribution >= 4 is 11.8 Å². The van der Waals surface area contributed by atoms with Gasteiger partial charge in [-0.25, -0.2) is 13.8 Å². The van der Waals surface area contributed by atoms with Gasteiger partial charge in [-0.1, -0.05) is 36.4 Å². The fourth-order valence-corrected chi connectivity index (χ4v) is 4.81. The van der Waals surface area contributed by atoms with Crippen LogP contribution in [0, 0.1) is 11.6 Å². The first-order chi connectivity index (χ1) is 18.2. The average Bonchev–Trinajstić information content (AvgIpc) is 3.42. The Morgan fingerprint density at radius 1 is 0.868 bits per heavy atom. The van der Waals surface area contributed by atoms with Gasteiger partial charge in [0.25, 0.3) is 11.8 Å². The number of halogens is 2. The summed E-state index contributed by atoms with van der Waals surface area (Å²) >= 11 is 0. The first-order valence-corrected chi connectivity index (χ1v) is 12.5. The van der Waals surface area contributed by atoms with Crippen molar-refractivity contribution in [1.82, 2.24) is 19.8 Å². The van der Waals surface area contributed by atoms with Crippen LogP contribution in [0.3, 0.4) is 0 Å². The van der Waals surface area contributed by atoms with Crippen LogP contribution in [0.15, 0.2) is 79.0 Å². The van der Waals surface area contributed by atoms with Gasteiger partial charge in [-0.2, -0.15) is 0 Å². The van der Waals surface area contributed by atoms with E-state index in [1.54, 1.807) is 42.5 Å². The van der Waals surface area contributed by atoms with Gasteiger partial charge in [0.2, 0.25) is 0 Å². The van der Waals surface area contributed by atoms with E-state index < -0.39 is 5.54 Å². The fourth-order valence-electron chi connectivity index (χ4n) is 4.81. The van der Waals surface area contributed by atoms with E-state index in [1.807, 2.05) is 30.7 Å². The number of amides is 2. The summed E-state index contributed by atoms with van der Waals surface area (Å²) in [5.41, 5.74) is 2.28. The first kappa shape index (κ1) is 25.5. The van der Waals surface area contributed by atoms with Gasteiger partial charge in [-0.3, -0.25) is 14.5 Å². The Balaban J connectivity index is 1.32. The van der Waals surface area contributed by atoms with E-state index >= 15 is 0 Å². The van der Waals surface area contributed by atoms with Crippen LogP contribution in [0.4, 0.5) is 8.78 Å². The minimum atomic E-state index is -0.624. The molecular formula is C30H28F2N4O2. The summed E-state index contributed by atoms with van der Waals surface area (Å²) in [7, 11) is 0. The lowest BCUT2D eigenvalue weighted by Crippen LogP contribution is -2.41. The number of nitrogens with zero attached hydrogens (tertiary/aromatic N) is 3. The summed E-state index contributed by atoms with van der Waals surface area (Å²) in [5, 5.41) is 3.48. The minimum Gasteiger partial charge on any atom is -0.328 e. The maximum Gasteiger partial charge on any atom is 0.261 e. The van der Waals surface area contributed by atoms with Gasteiger partial charge in [-0.15, -0.1) is 0 Å². The Hall–Kier alpha value is -4.17. The summed E-state index contributed by atoms with van der Waals surface area (Å²) in [5.74, 6) is -0.512. The molecule has 2 heterocycles. The van der Waals surface area contributed by atoms with E-state index in [1.165, 1.54) is 29.2 Å². The number of carbonyl (C=O) groups excluding carboxylic acids is 2. The first-order valence-electron chi connectivity index (χ1n) is 12.5. The normalized spacial score (nSPS) is 13.3. The number of carbonyl (C=O) groups is 2.